The number of nitrogens with one attached hydrogen (secondary N) is 1. The third-order valence-corrected chi connectivity index (χ3v) is 4.31. The van der Waals surface area contributed by atoms with Gasteiger partial charge in [-0.1, -0.05) is 0 Å². The van der Waals surface area contributed by atoms with Gasteiger partial charge in [-0.2, -0.15) is 0 Å². The highest BCUT2D eigenvalue weighted by Gasteiger charge is 2.19. The maximum atomic E-state index is 12.0. The molecule has 1 heterocycles. The first-order valence-corrected chi connectivity index (χ1v) is 8.09. The zero-order chi connectivity index (χ0) is 15.1. The summed E-state index contributed by atoms with van der Waals surface area (Å²) in [5.74, 6) is 0.699. The van der Waals surface area contributed by atoms with Crippen LogP contribution in [0, 0.1) is 0 Å². The van der Waals surface area contributed by atoms with Gasteiger partial charge in [-0.15, -0.1) is 11.8 Å². The van der Waals surface area contributed by atoms with Crippen LogP contribution in [0.5, 0.6) is 0 Å². The van der Waals surface area contributed by atoms with Crippen molar-refractivity contribution in [3.05, 3.63) is 29.8 Å². The van der Waals surface area contributed by atoms with Crippen molar-refractivity contribution >= 4 is 23.6 Å². The minimum Gasteiger partial charge on any atom is -0.396 e. The number of hydrogen-bond donors (Lipinski definition) is 2. The normalized spacial score (nSPS) is 14.5. The Morgan fingerprint density at radius 1 is 1.33 bits per heavy atom. The molecule has 0 bridgehead atoms. The number of benzene rings is 1. The molecule has 0 atom stereocenters. The van der Waals surface area contributed by atoms with Crippen molar-refractivity contribution in [1.82, 2.24) is 10.2 Å². The van der Waals surface area contributed by atoms with E-state index < -0.39 is 0 Å². The van der Waals surface area contributed by atoms with Gasteiger partial charge in [0.25, 0.3) is 5.91 Å². The predicted molar refractivity (Wildman–Crippen MR) is 82.4 cm³/mol. The number of thioether (sulfide) groups is 1. The van der Waals surface area contributed by atoms with E-state index in [9.17, 15) is 9.59 Å². The van der Waals surface area contributed by atoms with Gasteiger partial charge < -0.3 is 15.3 Å². The smallest absolute Gasteiger partial charge is 0.251 e. The fourth-order valence-corrected chi connectivity index (χ4v) is 2.87. The number of amides is 2. The number of nitrogens with zero attached hydrogens (tertiary/aromatic N) is 1. The van der Waals surface area contributed by atoms with Crippen LogP contribution in [0.25, 0.3) is 0 Å². The highest BCUT2D eigenvalue weighted by Crippen LogP contribution is 2.17. The molecule has 0 saturated carbocycles. The minimum absolute atomic E-state index is 0.125. The van der Waals surface area contributed by atoms with Gasteiger partial charge in [0.1, 0.15) is 0 Å². The van der Waals surface area contributed by atoms with Gasteiger partial charge in [-0.3, -0.25) is 9.59 Å². The highest BCUT2D eigenvalue weighted by molar-refractivity contribution is 7.99. The lowest BCUT2D eigenvalue weighted by Crippen LogP contribution is -2.35. The van der Waals surface area contributed by atoms with E-state index in [0.717, 1.165) is 17.9 Å². The Kier molecular flexibility index (Phi) is 6.07. The number of aliphatic hydroxyl groups excluding tert-OH is 1. The van der Waals surface area contributed by atoms with E-state index >= 15 is 0 Å². The maximum absolute atomic E-state index is 12.0. The molecule has 2 amide bonds. The van der Waals surface area contributed by atoms with Gasteiger partial charge in [0.15, 0.2) is 0 Å². The van der Waals surface area contributed by atoms with E-state index in [1.807, 2.05) is 12.1 Å². The average Bonchev–Trinajstić information content (AvgIpc) is 2.91. The summed E-state index contributed by atoms with van der Waals surface area (Å²) in [6.07, 6.45) is 1.54. The summed E-state index contributed by atoms with van der Waals surface area (Å²) < 4.78 is 0. The molecule has 1 saturated heterocycles. The van der Waals surface area contributed by atoms with Crippen LogP contribution in [0.1, 0.15) is 23.2 Å². The minimum atomic E-state index is -0.125. The van der Waals surface area contributed by atoms with E-state index in [1.54, 1.807) is 28.8 Å². The van der Waals surface area contributed by atoms with Gasteiger partial charge in [0.2, 0.25) is 5.91 Å². The molecule has 1 aliphatic rings. The SMILES string of the molecule is O=C(NCCN1CCCC1=O)c1ccc(SCCO)cc1. The molecule has 1 aromatic carbocycles. The number of hydrogen-bond acceptors (Lipinski definition) is 4. The molecule has 1 fully saturated rings. The Morgan fingerprint density at radius 3 is 2.71 bits per heavy atom. The third kappa shape index (κ3) is 4.75. The first kappa shape index (κ1) is 15.9. The van der Waals surface area contributed by atoms with Crippen molar-refractivity contribution < 1.29 is 14.7 Å². The second-order valence-electron chi connectivity index (χ2n) is 4.84. The van der Waals surface area contributed by atoms with E-state index in [-0.39, 0.29) is 18.4 Å². The van der Waals surface area contributed by atoms with Gasteiger partial charge in [0.05, 0.1) is 6.61 Å². The predicted octanol–water partition coefficient (Wildman–Crippen LogP) is 1.12. The lowest BCUT2D eigenvalue weighted by molar-refractivity contribution is -0.127. The van der Waals surface area contributed by atoms with Crippen molar-refractivity contribution in [1.29, 1.82) is 0 Å². The molecule has 5 nitrogen and oxygen atoms in total. The van der Waals surface area contributed by atoms with Gasteiger partial charge in [-0.05, 0) is 30.7 Å². The highest BCUT2D eigenvalue weighted by atomic mass is 32.2. The largest absolute Gasteiger partial charge is 0.396 e. The van der Waals surface area contributed by atoms with Crippen LogP contribution in [0.4, 0.5) is 0 Å². The lowest BCUT2D eigenvalue weighted by atomic mass is 10.2. The van der Waals surface area contributed by atoms with Crippen LogP contribution >= 0.6 is 11.8 Å². The quantitative estimate of drug-likeness (QED) is 0.741. The molecule has 0 spiro atoms. The number of aliphatic hydroxyl groups is 1. The Labute approximate surface area is 128 Å². The summed E-state index contributed by atoms with van der Waals surface area (Å²) in [4.78, 5) is 26.2. The third-order valence-electron chi connectivity index (χ3n) is 3.32. The summed E-state index contributed by atoms with van der Waals surface area (Å²) in [6, 6.07) is 7.30. The molecule has 2 rings (SSSR count). The van der Waals surface area contributed by atoms with Crippen LogP contribution < -0.4 is 5.32 Å². The molecular formula is C15H20N2O3S. The Hall–Kier alpha value is -1.53. The van der Waals surface area contributed by atoms with Gasteiger partial charge in [-0.25, -0.2) is 0 Å². The van der Waals surface area contributed by atoms with Crippen LogP contribution in [-0.4, -0.2) is 53.8 Å². The Bertz CT molecular complexity index is 490. The first-order chi connectivity index (χ1) is 10.2. The summed E-state index contributed by atoms with van der Waals surface area (Å²) in [5, 5.41) is 11.6. The molecule has 0 unspecified atom stereocenters. The molecule has 6 heteroatoms. The van der Waals surface area contributed by atoms with Crippen LogP contribution in [0.15, 0.2) is 29.2 Å². The summed E-state index contributed by atoms with van der Waals surface area (Å²) >= 11 is 1.55. The topological polar surface area (TPSA) is 69.6 Å². The molecule has 21 heavy (non-hydrogen) atoms. The summed E-state index contributed by atoms with van der Waals surface area (Å²) in [5.41, 5.74) is 0.607. The zero-order valence-electron chi connectivity index (χ0n) is 11.9. The monoisotopic (exact) mass is 308 g/mol. The van der Waals surface area contributed by atoms with E-state index in [2.05, 4.69) is 5.32 Å². The lowest BCUT2D eigenvalue weighted by Gasteiger charge is -2.15. The molecular weight excluding hydrogens is 288 g/mol. The number of likely N-dealkylation sites (tertiary alicyclic amines) is 1. The molecule has 1 aromatic rings. The van der Waals surface area contributed by atoms with Gasteiger partial charge >= 0.3 is 0 Å². The Morgan fingerprint density at radius 2 is 2.10 bits per heavy atom. The second-order valence-corrected chi connectivity index (χ2v) is 6.01. The number of rotatable bonds is 7. The zero-order valence-corrected chi connectivity index (χ0v) is 12.7. The molecule has 0 radical (unpaired) electrons. The number of carbonyl (C=O) groups excluding carboxylic acids is 2. The van der Waals surface area contributed by atoms with Crippen molar-refractivity contribution in [3.8, 4) is 0 Å². The van der Waals surface area contributed by atoms with Crippen molar-refractivity contribution in [2.24, 2.45) is 0 Å². The molecule has 1 aliphatic heterocycles. The van der Waals surface area contributed by atoms with Crippen LogP contribution in [0.2, 0.25) is 0 Å². The van der Waals surface area contributed by atoms with Crippen LogP contribution in [-0.2, 0) is 4.79 Å². The summed E-state index contributed by atoms with van der Waals surface area (Å²) in [7, 11) is 0. The fraction of sp³-hybridized carbons (Fsp3) is 0.467. The van der Waals surface area contributed by atoms with Crippen molar-refractivity contribution in [2.45, 2.75) is 17.7 Å². The second kappa shape index (κ2) is 8.05. The molecule has 0 aromatic heterocycles. The van der Waals surface area contributed by atoms with Crippen molar-refractivity contribution in [2.75, 3.05) is 32.0 Å². The van der Waals surface area contributed by atoms with E-state index in [1.165, 1.54) is 0 Å². The summed E-state index contributed by atoms with van der Waals surface area (Å²) in [6.45, 7) is 1.99. The van der Waals surface area contributed by atoms with Gasteiger partial charge in [0, 0.05) is 42.3 Å². The average molecular weight is 308 g/mol. The standard InChI is InChI=1S/C15H20N2O3S/c18-10-11-21-13-5-3-12(4-6-13)15(20)16-7-9-17-8-1-2-14(17)19/h3-6,18H,1-2,7-11H2,(H,16,20). The maximum Gasteiger partial charge on any atom is 0.251 e. The number of carbonyl (C=O) groups is 2. The van der Waals surface area contributed by atoms with E-state index in [0.29, 0.717) is 30.8 Å². The molecule has 0 aliphatic carbocycles. The first-order valence-electron chi connectivity index (χ1n) is 7.10. The van der Waals surface area contributed by atoms with Crippen LogP contribution in [0.3, 0.4) is 0 Å². The molecule has 2 N–H and O–H groups in total. The van der Waals surface area contributed by atoms with E-state index in [4.69, 9.17) is 5.11 Å². The van der Waals surface area contributed by atoms with Crippen molar-refractivity contribution in [3.63, 3.8) is 0 Å². The fourth-order valence-electron chi connectivity index (χ4n) is 2.21. The molecule has 114 valence electrons. The Balaban J connectivity index is 1.76.